The molecule has 1 aromatic heterocycles. The van der Waals surface area contributed by atoms with Gasteiger partial charge in [-0.25, -0.2) is 4.98 Å². The number of fused-ring (bicyclic) bond motifs is 1. The maximum Gasteiger partial charge on any atom is 0.261 e. The van der Waals surface area contributed by atoms with Crippen LogP contribution in [0.4, 0.5) is 0 Å². The zero-order valence-electron chi connectivity index (χ0n) is 8.79. The average Bonchev–Trinajstić information content (AvgIpc) is 2.22. The van der Waals surface area contributed by atoms with Gasteiger partial charge in [-0.15, -0.1) is 0 Å². The van der Waals surface area contributed by atoms with Gasteiger partial charge in [-0.1, -0.05) is 0 Å². The number of benzene rings is 1. The van der Waals surface area contributed by atoms with Crippen molar-refractivity contribution in [3.05, 3.63) is 34.9 Å². The Hall–Kier alpha value is -1.88. The molecule has 0 spiro atoms. The van der Waals surface area contributed by atoms with Crippen LogP contribution in [0.1, 0.15) is 6.92 Å². The fraction of sp³-hybridized carbons (Fsp3) is 0.273. The lowest BCUT2D eigenvalue weighted by molar-refractivity contribution is 0.172. The molecular weight excluding hydrogens is 208 g/mol. The first-order valence-corrected chi connectivity index (χ1v) is 4.94. The van der Waals surface area contributed by atoms with Crippen LogP contribution in [0.25, 0.3) is 10.9 Å². The molecule has 2 N–H and O–H groups in total. The second-order valence-electron chi connectivity index (χ2n) is 3.75. The maximum atomic E-state index is 11.9. The minimum absolute atomic E-state index is 0.0289. The molecule has 1 atom stereocenters. The van der Waals surface area contributed by atoms with Crippen LogP contribution >= 0.6 is 0 Å². The van der Waals surface area contributed by atoms with Crippen molar-refractivity contribution in [1.29, 1.82) is 0 Å². The monoisotopic (exact) mass is 220 g/mol. The van der Waals surface area contributed by atoms with E-state index in [2.05, 4.69) is 4.98 Å². The highest BCUT2D eigenvalue weighted by molar-refractivity contribution is 5.78. The Morgan fingerprint density at radius 1 is 1.50 bits per heavy atom. The zero-order valence-corrected chi connectivity index (χ0v) is 8.79. The van der Waals surface area contributed by atoms with Crippen molar-refractivity contribution in [3.8, 4) is 5.75 Å². The summed E-state index contributed by atoms with van der Waals surface area (Å²) >= 11 is 0. The Labute approximate surface area is 91.6 Å². The van der Waals surface area contributed by atoms with E-state index in [0.29, 0.717) is 10.9 Å². The standard InChI is InChI=1S/C11H12N2O3/c1-7(14)5-13-6-12-10-3-2-8(15)4-9(10)11(13)16/h2-4,6-7,14-15H,5H2,1H3. The number of phenolic OH excluding ortho intramolecular Hbond substituents is 1. The third-order valence-electron chi connectivity index (χ3n) is 2.27. The van der Waals surface area contributed by atoms with Crippen LogP contribution in [0.2, 0.25) is 0 Å². The van der Waals surface area contributed by atoms with Gasteiger partial charge >= 0.3 is 0 Å². The van der Waals surface area contributed by atoms with Gasteiger partial charge in [-0.05, 0) is 25.1 Å². The molecule has 0 radical (unpaired) electrons. The minimum atomic E-state index is -0.616. The summed E-state index contributed by atoms with van der Waals surface area (Å²) in [5.74, 6) is 0.0289. The summed E-state index contributed by atoms with van der Waals surface area (Å²) in [4.78, 5) is 16.0. The van der Waals surface area contributed by atoms with Crippen LogP contribution in [-0.2, 0) is 6.54 Å². The zero-order chi connectivity index (χ0) is 11.7. The molecule has 1 heterocycles. The Morgan fingerprint density at radius 2 is 2.25 bits per heavy atom. The van der Waals surface area contributed by atoms with Crippen LogP contribution in [0, 0.1) is 0 Å². The number of rotatable bonds is 2. The van der Waals surface area contributed by atoms with Gasteiger partial charge in [0, 0.05) is 0 Å². The number of aromatic nitrogens is 2. The average molecular weight is 220 g/mol. The van der Waals surface area contributed by atoms with Gasteiger partial charge in [-0.2, -0.15) is 0 Å². The van der Waals surface area contributed by atoms with E-state index in [0.717, 1.165) is 0 Å². The van der Waals surface area contributed by atoms with E-state index in [1.165, 1.54) is 23.0 Å². The normalized spacial score (nSPS) is 12.9. The molecule has 1 unspecified atom stereocenters. The number of aromatic hydroxyl groups is 1. The number of hydrogen-bond acceptors (Lipinski definition) is 4. The van der Waals surface area contributed by atoms with Gasteiger partial charge in [0.15, 0.2) is 0 Å². The Balaban J connectivity index is 2.64. The maximum absolute atomic E-state index is 11.9. The number of hydrogen-bond donors (Lipinski definition) is 2. The molecule has 0 amide bonds. The van der Waals surface area contributed by atoms with Gasteiger partial charge in [0.2, 0.25) is 0 Å². The second-order valence-corrected chi connectivity index (χ2v) is 3.75. The van der Waals surface area contributed by atoms with Crippen LogP contribution in [0.15, 0.2) is 29.3 Å². The number of aliphatic hydroxyl groups excluding tert-OH is 1. The molecule has 0 aliphatic carbocycles. The van der Waals surface area contributed by atoms with Crippen molar-refractivity contribution >= 4 is 10.9 Å². The van der Waals surface area contributed by atoms with Crippen LogP contribution in [-0.4, -0.2) is 25.9 Å². The van der Waals surface area contributed by atoms with E-state index in [-0.39, 0.29) is 17.9 Å². The van der Waals surface area contributed by atoms with E-state index in [9.17, 15) is 15.0 Å². The van der Waals surface area contributed by atoms with Gasteiger partial charge in [0.05, 0.1) is 29.9 Å². The van der Waals surface area contributed by atoms with Crippen LogP contribution in [0.3, 0.4) is 0 Å². The lowest BCUT2D eigenvalue weighted by atomic mass is 10.2. The smallest absolute Gasteiger partial charge is 0.261 e. The number of nitrogens with zero attached hydrogens (tertiary/aromatic N) is 2. The van der Waals surface area contributed by atoms with Crippen molar-refractivity contribution in [2.45, 2.75) is 19.6 Å². The van der Waals surface area contributed by atoms with Gasteiger partial charge in [0.25, 0.3) is 5.56 Å². The first kappa shape index (κ1) is 10.6. The number of aliphatic hydroxyl groups is 1. The first-order chi connectivity index (χ1) is 7.58. The Bertz CT molecular complexity index is 575. The lowest BCUT2D eigenvalue weighted by Crippen LogP contribution is -2.25. The summed E-state index contributed by atoms with van der Waals surface area (Å²) in [6, 6.07) is 4.44. The van der Waals surface area contributed by atoms with Crippen LogP contribution in [0.5, 0.6) is 5.75 Å². The highest BCUT2D eigenvalue weighted by Crippen LogP contribution is 2.14. The summed E-state index contributed by atoms with van der Waals surface area (Å²) in [5.41, 5.74) is 0.270. The third kappa shape index (κ3) is 1.90. The van der Waals surface area contributed by atoms with Crippen molar-refractivity contribution in [1.82, 2.24) is 9.55 Å². The fourth-order valence-electron chi connectivity index (χ4n) is 1.56. The summed E-state index contributed by atoms with van der Waals surface area (Å²) in [7, 11) is 0. The molecular formula is C11H12N2O3. The van der Waals surface area contributed by atoms with Gasteiger partial charge in [0.1, 0.15) is 5.75 Å². The molecule has 0 fully saturated rings. The predicted molar refractivity (Wildman–Crippen MR) is 59.3 cm³/mol. The number of phenols is 1. The lowest BCUT2D eigenvalue weighted by Gasteiger charge is -2.08. The van der Waals surface area contributed by atoms with Crippen molar-refractivity contribution in [2.75, 3.05) is 0 Å². The van der Waals surface area contributed by atoms with E-state index >= 15 is 0 Å². The highest BCUT2D eigenvalue weighted by atomic mass is 16.3. The highest BCUT2D eigenvalue weighted by Gasteiger charge is 2.06. The van der Waals surface area contributed by atoms with Crippen molar-refractivity contribution < 1.29 is 10.2 Å². The molecule has 2 aromatic rings. The van der Waals surface area contributed by atoms with Crippen molar-refractivity contribution in [3.63, 3.8) is 0 Å². The molecule has 0 bridgehead atoms. The molecule has 0 saturated heterocycles. The molecule has 2 rings (SSSR count). The van der Waals surface area contributed by atoms with Crippen LogP contribution < -0.4 is 5.56 Å². The summed E-state index contributed by atoms with van der Waals surface area (Å²) in [5, 5.41) is 18.9. The molecule has 0 saturated carbocycles. The van der Waals surface area contributed by atoms with E-state index in [1.54, 1.807) is 13.0 Å². The molecule has 84 valence electrons. The topological polar surface area (TPSA) is 75.3 Å². The second kappa shape index (κ2) is 3.94. The largest absolute Gasteiger partial charge is 0.508 e. The molecule has 16 heavy (non-hydrogen) atoms. The fourth-order valence-corrected chi connectivity index (χ4v) is 1.56. The third-order valence-corrected chi connectivity index (χ3v) is 2.27. The molecule has 1 aromatic carbocycles. The van der Waals surface area contributed by atoms with E-state index in [4.69, 9.17) is 0 Å². The SMILES string of the molecule is CC(O)Cn1cnc2ccc(O)cc2c1=O. The molecule has 0 aliphatic heterocycles. The first-order valence-electron chi connectivity index (χ1n) is 4.94. The Morgan fingerprint density at radius 3 is 2.94 bits per heavy atom. The minimum Gasteiger partial charge on any atom is -0.508 e. The Kier molecular flexibility index (Phi) is 2.62. The van der Waals surface area contributed by atoms with E-state index in [1.807, 2.05) is 0 Å². The summed E-state index contributed by atoms with van der Waals surface area (Å²) in [6.45, 7) is 1.79. The molecule has 5 heteroatoms. The summed E-state index contributed by atoms with van der Waals surface area (Å²) < 4.78 is 1.33. The summed E-state index contributed by atoms with van der Waals surface area (Å²) in [6.07, 6.45) is 0.781. The van der Waals surface area contributed by atoms with Gasteiger partial charge < -0.3 is 10.2 Å². The quantitative estimate of drug-likeness (QED) is 0.772. The van der Waals surface area contributed by atoms with Crippen molar-refractivity contribution in [2.24, 2.45) is 0 Å². The predicted octanol–water partition coefficient (Wildman–Crippen LogP) is 0.483. The molecule has 0 aliphatic rings. The van der Waals surface area contributed by atoms with E-state index < -0.39 is 6.10 Å². The molecule has 5 nitrogen and oxygen atoms in total. The van der Waals surface area contributed by atoms with Gasteiger partial charge in [-0.3, -0.25) is 9.36 Å².